The number of sulfonamides is 1. The largest absolute Gasteiger partial charge is 0.478 e. The van der Waals surface area contributed by atoms with Crippen molar-refractivity contribution in [1.82, 2.24) is 9.21 Å². The van der Waals surface area contributed by atoms with Crippen LogP contribution in [0.3, 0.4) is 0 Å². The van der Waals surface area contributed by atoms with Crippen molar-refractivity contribution in [3.05, 3.63) is 51.9 Å². The maximum Gasteiger partial charge on any atom is 0.346 e. The maximum absolute atomic E-state index is 13.2. The van der Waals surface area contributed by atoms with Crippen LogP contribution in [0.5, 0.6) is 0 Å². The highest BCUT2D eigenvalue weighted by Gasteiger charge is 2.38. The molecule has 2 aromatic rings. The van der Waals surface area contributed by atoms with Crippen LogP contribution in [-0.4, -0.2) is 71.9 Å². The predicted octanol–water partition coefficient (Wildman–Crippen LogP) is 2.48. The highest BCUT2D eigenvalue weighted by atomic mass is 32.2. The van der Waals surface area contributed by atoms with Gasteiger partial charge in [-0.15, -0.1) is 11.3 Å². The number of benzene rings is 1. The predicted molar refractivity (Wildman–Crippen MR) is 118 cm³/mol. The molecule has 0 unspecified atom stereocenters. The second-order valence-corrected chi connectivity index (χ2v) is 10.6. The van der Waals surface area contributed by atoms with Crippen molar-refractivity contribution in [1.29, 1.82) is 0 Å². The lowest BCUT2D eigenvalue weighted by Crippen LogP contribution is -2.51. The van der Waals surface area contributed by atoms with Gasteiger partial charge in [0.05, 0.1) is 11.5 Å². The number of rotatable bonds is 7. The van der Waals surface area contributed by atoms with Crippen LogP contribution in [0.1, 0.15) is 50.4 Å². The van der Waals surface area contributed by atoms with Crippen LogP contribution in [-0.2, 0) is 14.8 Å². The number of piperazine rings is 1. The molecule has 1 saturated heterocycles. The summed E-state index contributed by atoms with van der Waals surface area (Å²) >= 11 is 0.445. The van der Waals surface area contributed by atoms with E-state index in [1.165, 1.54) is 6.92 Å². The molecule has 0 bridgehead atoms. The van der Waals surface area contributed by atoms with Crippen LogP contribution in [0.15, 0.2) is 34.5 Å². The Balaban J connectivity index is 1.80. The van der Waals surface area contributed by atoms with E-state index in [0.717, 1.165) is 9.87 Å². The molecule has 1 atom stereocenters. The Bertz CT molecular complexity index is 1130. The minimum absolute atomic E-state index is 0.00227. The van der Waals surface area contributed by atoms with Crippen molar-refractivity contribution in [2.24, 2.45) is 0 Å². The van der Waals surface area contributed by atoms with E-state index < -0.39 is 31.7 Å². The quantitative estimate of drug-likeness (QED) is 0.622. The molecule has 0 saturated carbocycles. The molecule has 9 nitrogen and oxygen atoms in total. The summed E-state index contributed by atoms with van der Waals surface area (Å²) in [5, 5.41) is 18.8. The highest BCUT2D eigenvalue weighted by molar-refractivity contribution is 7.91. The van der Waals surface area contributed by atoms with Gasteiger partial charge in [0, 0.05) is 26.2 Å². The molecule has 2 N–H and O–H groups in total. The van der Waals surface area contributed by atoms with Crippen molar-refractivity contribution >= 4 is 39.2 Å². The SMILES string of the molecule is CC[C@@H](C(=O)N1CCN(S(=O)(=O)c2sc(C(=O)O)c(C)c2C(=O)O)CC1)c1ccccc1. The first-order valence-electron chi connectivity index (χ1n) is 10.0. The molecular weight excluding hydrogens is 456 g/mol. The number of carboxylic acid groups (broad SMARTS) is 2. The maximum atomic E-state index is 13.2. The van der Waals surface area contributed by atoms with Gasteiger partial charge in [-0.2, -0.15) is 4.31 Å². The number of aromatic carboxylic acids is 2. The smallest absolute Gasteiger partial charge is 0.346 e. The van der Waals surface area contributed by atoms with E-state index in [4.69, 9.17) is 0 Å². The van der Waals surface area contributed by atoms with Gasteiger partial charge in [-0.25, -0.2) is 18.0 Å². The Morgan fingerprint density at radius 2 is 1.62 bits per heavy atom. The third-order valence-corrected chi connectivity index (χ3v) is 9.23. The van der Waals surface area contributed by atoms with Crippen molar-refractivity contribution in [2.75, 3.05) is 26.2 Å². The number of hydrogen-bond acceptors (Lipinski definition) is 6. The van der Waals surface area contributed by atoms with E-state index in [2.05, 4.69) is 0 Å². The van der Waals surface area contributed by atoms with Crippen molar-refractivity contribution in [2.45, 2.75) is 30.4 Å². The molecule has 172 valence electrons. The summed E-state index contributed by atoms with van der Waals surface area (Å²) in [6, 6.07) is 9.38. The molecule has 0 radical (unpaired) electrons. The van der Waals surface area contributed by atoms with Gasteiger partial charge in [0.1, 0.15) is 4.88 Å². The first kappa shape index (κ1) is 23.9. The average Bonchev–Trinajstić information content (AvgIpc) is 3.13. The molecule has 1 aromatic heterocycles. The zero-order valence-electron chi connectivity index (χ0n) is 17.6. The topological polar surface area (TPSA) is 132 Å². The minimum atomic E-state index is -4.23. The molecule has 11 heteroatoms. The fourth-order valence-electron chi connectivity index (χ4n) is 3.85. The summed E-state index contributed by atoms with van der Waals surface area (Å²) in [5.74, 6) is -3.27. The van der Waals surface area contributed by atoms with E-state index in [1.807, 2.05) is 37.3 Å². The Hall–Kier alpha value is -2.76. The number of thiophene rings is 1. The second-order valence-electron chi connectivity index (χ2n) is 7.43. The van der Waals surface area contributed by atoms with Crippen LogP contribution < -0.4 is 0 Å². The molecule has 1 aromatic carbocycles. The molecule has 0 aliphatic carbocycles. The number of carbonyl (C=O) groups is 3. The van der Waals surface area contributed by atoms with Gasteiger partial charge < -0.3 is 15.1 Å². The van der Waals surface area contributed by atoms with Crippen LogP contribution in [0.4, 0.5) is 0 Å². The summed E-state index contributed by atoms with van der Waals surface area (Å²) < 4.78 is 27.0. The monoisotopic (exact) mass is 480 g/mol. The van der Waals surface area contributed by atoms with Gasteiger partial charge in [-0.05, 0) is 24.5 Å². The van der Waals surface area contributed by atoms with Crippen LogP contribution in [0.25, 0.3) is 0 Å². The molecule has 0 spiro atoms. The number of nitrogens with zero attached hydrogens (tertiary/aromatic N) is 2. The minimum Gasteiger partial charge on any atom is -0.478 e. The lowest BCUT2D eigenvalue weighted by molar-refractivity contribution is -0.134. The Morgan fingerprint density at radius 3 is 2.12 bits per heavy atom. The standard InChI is InChI=1S/C21H24N2O7S2/c1-3-15(14-7-5-4-6-8-14)18(24)22-9-11-23(12-10-22)32(29,30)21-16(19(25)26)13(2)17(31-21)20(27)28/h4-8,15H,3,9-12H2,1-2H3,(H,25,26)(H,27,28)/t15-/m1/s1. The van der Waals surface area contributed by atoms with E-state index in [9.17, 15) is 33.0 Å². The fraction of sp³-hybridized carbons (Fsp3) is 0.381. The Kier molecular flexibility index (Phi) is 7.01. The van der Waals surface area contributed by atoms with Crippen LogP contribution in [0, 0.1) is 6.92 Å². The average molecular weight is 481 g/mol. The van der Waals surface area contributed by atoms with Crippen molar-refractivity contribution in [3.8, 4) is 0 Å². The first-order valence-corrected chi connectivity index (χ1v) is 12.3. The summed E-state index contributed by atoms with van der Waals surface area (Å²) in [5.41, 5.74) is 0.300. The molecule has 1 aliphatic heterocycles. The molecule has 2 heterocycles. The van der Waals surface area contributed by atoms with Gasteiger partial charge in [0.25, 0.3) is 10.0 Å². The summed E-state index contributed by atoms with van der Waals surface area (Å²) in [6.07, 6.45) is 0.607. The molecule has 1 amide bonds. The van der Waals surface area contributed by atoms with Gasteiger partial charge in [0.15, 0.2) is 4.21 Å². The zero-order valence-corrected chi connectivity index (χ0v) is 19.3. The number of carbonyl (C=O) groups excluding carboxylic acids is 1. The molecular formula is C21H24N2O7S2. The summed E-state index contributed by atoms with van der Waals surface area (Å²) in [7, 11) is -4.23. The lowest BCUT2D eigenvalue weighted by atomic mass is 9.95. The fourth-order valence-corrected chi connectivity index (χ4v) is 7.08. The van der Waals surface area contributed by atoms with Crippen LogP contribution >= 0.6 is 11.3 Å². The van der Waals surface area contributed by atoms with Crippen molar-refractivity contribution in [3.63, 3.8) is 0 Å². The van der Waals surface area contributed by atoms with Gasteiger partial charge in [-0.1, -0.05) is 37.3 Å². The highest BCUT2D eigenvalue weighted by Crippen LogP contribution is 2.34. The number of hydrogen-bond donors (Lipinski definition) is 2. The summed E-state index contributed by atoms with van der Waals surface area (Å²) in [6.45, 7) is 3.53. The third kappa shape index (κ3) is 4.41. The molecule has 1 aliphatic rings. The van der Waals surface area contributed by atoms with Crippen molar-refractivity contribution < 1.29 is 33.0 Å². The lowest BCUT2D eigenvalue weighted by Gasteiger charge is -2.35. The Labute approximate surface area is 189 Å². The molecule has 1 fully saturated rings. The normalized spacial score (nSPS) is 16.0. The number of carboxylic acids is 2. The number of amides is 1. The van der Waals surface area contributed by atoms with E-state index in [1.54, 1.807) is 4.90 Å². The third-order valence-electron chi connectivity index (χ3n) is 5.56. The Morgan fingerprint density at radius 1 is 1.03 bits per heavy atom. The van der Waals surface area contributed by atoms with Crippen LogP contribution in [0.2, 0.25) is 0 Å². The first-order chi connectivity index (χ1) is 15.1. The zero-order chi connectivity index (χ0) is 23.6. The summed E-state index contributed by atoms with van der Waals surface area (Å²) in [4.78, 5) is 37.4. The second kappa shape index (κ2) is 9.39. The molecule has 32 heavy (non-hydrogen) atoms. The molecule has 3 rings (SSSR count). The van der Waals surface area contributed by atoms with E-state index in [0.29, 0.717) is 17.8 Å². The van der Waals surface area contributed by atoms with E-state index >= 15 is 0 Å². The van der Waals surface area contributed by atoms with E-state index in [-0.39, 0.29) is 48.4 Å². The van der Waals surface area contributed by atoms with Gasteiger partial charge in [-0.3, -0.25) is 4.79 Å². The van der Waals surface area contributed by atoms with Gasteiger partial charge >= 0.3 is 11.9 Å². The van der Waals surface area contributed by atoms with Gasteiger partial charge in [0.2, 0.25) is 5.91 Å².